The molecule has 27 heavy (non-hydrogen) atoms. The first-order valence-corrected chi connectivity index (χ1v) is 8.98. The van der Waals surface area contributed by atoms with Crippen LogP contribution in [-0.2, 0) is 17.6 Å². The fourth-order valence-electron chi connectivity index (χ4n) is 3.54. The highest BCUT2D eigenvalue weighted by molar-refractivity contribution is 5.92. The zero-order valence-corrected chi connectivity index (χ0v) is 15.0. The van der Waals surface area contributed by atoms with Gasteiger partial charge in [-0.25, -0.2) is 9.37 Å². The van der Waals surface area contributed by atoms with Crippen LogP contribution < -0.4 is 10.2 Å². The van der Waals surface area contributed by atoms with E-state index in [1.54, 1.807) is 24.4 Å². The van der Waals surface area contributed by atoms with Crippen molar-refractivity contribution in [1.29, 1.82) is 0 Å². The summed E-state index contributed by atoms with van der Waals surface area (Å²) in [7, 11) is 0. The lowest BCUT2D eigenvalue weighted by molar-refractivity contribution is -0.115. The fourth-order valence-corrected chi connectivity index (χ4v) is 3.54. The van der Waals surface area contributed by atoms with E-state index in [9.17, 15) is 9.18 Å². The topological polar surface area (TPSA) is 45.2 Å². The molecule has 2 heterocycles. The van der Waals surface area contributed by atoms with Gasteiger partial charge >= 0.3 is 0 Å². The van der Waals surface area contributed by atoms with Gasteiger partial charge in [0.25, 0.3) is 0 Å². The highest BCUT2D eigenvalue weighted by Crippen LogP contribution is 2.37. The number of nitrogens with zero attached hydrogens (tertiary/aromatic N) is 2. The molecule has 0 bridgehead atoms. The molecule has 1 aromatic heterocycles. The largest absolute Gasteiger partial charge is 0.324 e. The highest BCUT2D eigenvalue weighted by Gasteiger charge is 2.27. The molecule has 1 atom stereocenters. The molecule has 4 rings (SSSR count). The SMILES string of the molecule is CC1Cc2ccccc2N1c1ccc(NC(=O)Cc2ccccc2F)cn1. The number of amides is 1. The molecule has 5 heteroatoms. The lowest BCUT2D eigenvalue weighted by Crippen LogP contribution is -2.24. The number of carbonyl (C=O) groups is 1. The second kappa shape index (κ2) is 7.19. The summed E-state index contributed by atoms with van der Waals surface area (Å²) in [5, 5.41) is 2.78. The van der Waals surface area contributed by atoms with Crippen LogP contribution in [0.1, 0.15) is 18.1 Å². The number of para-hydroxylation sites is 1. The summed E-state index contributed by atoms with van der Waals surface area (Å²) < 4.78 is 13.7. The second-order valence-corrected chi connectivity index (χ2v) is 6.77. The molecule has 136 valence electrons. The van der Waals surface area contributed by atoms with E-state index < -0.39 is 0 Å². The van der Waals surface area contributed by atoms with Gasteiger partial charge in [-0.1, -0.05) is 36.4 Å². The van der Waals surface area contributed by atoms with Gasteiger partial charge in [0.2, 0.25) is 5.91 Å². The third-order valence-corrected chi connectivity index (χ3v) is 4.79. The molecule has 0 spiro atoms. The Hall–Kier alpha value is -3.21. The van der Waals surface area contributed by atoms with Crippen LogP contribution in [0.5, 0.6) is 0 Å². The minimum Gasteiger partial charge on any atom is -0.324 e. The highest BCUT2D eigenvalue weighted by atomic mass is 19.1. The normalized spacial score (nSPS) is 15.5. The molecule has 0 aliphatic carbocycles. The number of benzene rings is 2. The van der Waals surface area contributed by atoms with Crippen molar-refractivity contribution in [3.8, 4) is 0 Å². The lowest BCUT2D eigenvalue weighted by atomic mass is 10.1. The first-order chi connectivity index (χ1) is 13.1. The monoisotopic (exact) mass is 361 g/mol. The molecule has 1 aliphatic heterocycles. The van der Waals surface area contributed by atoms with Crippen molar-refractivity contribution in [3.63, 3.8) is 0 Å². The number of hydrogen-bond donors (Lipinski definition) is 1. The number of fused-ring (bicyclic) bond motifs is 1. The molecule has 0 saturated heterocycles. The van der Waals surface area contributed by atoms with Crippen molar-refractivity contribution < 1.29 is 9.18 Å². The van der Waals surface area contributed by atoms with E-state index in [-0.39, 0.29) is 18.1 Å². The van der Waals surface area contributed by atoms with E-state index >= 15 is 0 Å². The van der Waals surface area contributed by atoms with Crippen molar-refractivity contribution in [1.82, 2.24) is 4.98 Å². The van der Waals surface area contributed by atoms with Crippen LogP contribution in [0.25, 0.3) is 0 Å². The molecule has 1 N–H and O–H groups in total. The van der Waals surface area contributed by atoms with Crippen LogP contribution in [0.3, 0.4) is 0 Å². The Morgan fingerprint density at radius 1 is 1.15 bits per heavy atom. The van der Waals surface area contributed by atoms with Crippen LogP contribution in [-0.4, -0.2) is 16.9 Å². The second-order valence-electron chi connectivity index (χ2n) is 6.77. The molecule has 2 aromatic carbocycles. The molecular weight excluding hydrogens is 341 g/mol. The van der Waals surface area contributed by atoms with E-state index in [1.807, 2.05) is 18.2 Å². The molecule has 1 aliphatic rings. The summed E-state index contributed by atoms with van der Waals surface area (Å²) in [4.78, 5) is 18.9. The third-order valence-electron chi connectivity index (χ3n) is 4.79. The lowest BCUT2D eigenvalue weighted by Gasteiger charge is -2.24. The summed E-state index contributed by atoms with van der Waals surface area (Å²) >= 11 is 0. The van der Waals surface area contributed by atoms with Gasteiger partial charge in [0.05, 0.1) is 18.3 Å². The number of nitrogens with one attached hydrogen (secondary N) is 1. The van der Waals surface area contributed by atoms with Crippen molar-refractivity contribution in [2.75, 3.05) is 10.2 Å². The zero-order valence-electron chi connectivity index (χ0n) is 15.0. The number of pyridine rings is 1. The number of halogens is 1. The van der Waals surface area contributed by atoms with Gasteiger partial charge in [-0.05, 0) is 48.7 Å². The predicted molar refractivity (Wildman–Crippen MR) is 105 cm³/mol. The van der Waals surface area contributed by atoms with E-state index in [2.05, 4.69) is 40.3 Å². The maximum Gasteiger partial charge on any atom is 0.228 e. The van der Waals surface area contributed by atoms with Gasteiger partial charge in [0.15, 0.2) is 0 Å². The van der Waals surface area contributed by atoms with E-state index in [0.717, 1.165) is 12.2 Å². The predicted octanol–water partition coefficient (Wildman–Crippen LogP) is 4.48. The van der Waals surface area contributed by atoms with Crippen LogP contribution in [0, 0.1) is 5.82 Å². The smallest absolute Gasteiger partial charge is 0.228 e. The third kappa shape index (κ3) is 3.53. The average Bonchev–Trinajstić information content (AvgIpc) is 3.00. The maximum absolute atomic E-state index is 13.7. The molecular formula is C22H20FN3O. The summed E-state index contributed by atoms with van der Waals surface area (Å²) in [5.74, 6) is 0.205. The number of carbonyl (C=O) groups excluding carboxylic acids is 1. The molecule has 0 fully saturated rings. The Bertz CT molecular complexity index is 971. The Morgan fingerprint density at radius 3 is 2.70 bits per heavy atom. The Morgan fingerprint density at radius 2 is 1.93 bits per heavy atom. The standard InChI is InChI=1S/C22H20FN3O/c1-15-12-17-7-3-5-9-20(17)26(15)21-11-10-18(14-24-21)25-22(27)13-16-6-2-4-8-19(16)23/h2-11,14-15H,12-13H2,1H3,(H,25,27). The number of hydrogen-bond acceptors (Lipinski definition) is 3. The number of anilines is 3. The van der Waals surface area contributed by atoms with Gasteiger partial charge in [-0.2, -0.15) is 0 Å². The van der Waals surface area contributed by atoms with Crippen LogP contribution in [0.4, 0.5) is 21.6 Å². The molecule has 3 aromatic rings. The van der Waals surface area contributed by atoms with Crippen LogP contribution >= 0.6 is 0 Å². The first kappa shape index (κ1) is 17.2. The zero-order chi connectivity index (χ0) is 18.8. The molecule has 0 saturated carbocycles. The van der Waals surface area contributed by atoms with Crippen molar-refractivity contribution in [2.24, 2.45) is 0 Å². The summed E-state index contributed by atoms with van der Waals surface area (Å²) in [6.45, 7) is 2.17. The average molecular weight is 361 g/mol. The minimum atomic E-state index is -0.372. The molecule has 1 amide bonds. The fraction of sp³-hybridized carbons (Fsp3) is 0.182. The Labute approximate surface area is 157 Å². The van der Waals surface area contributed by atoms with Crippen LogP contribution in [0.15, 0.2) is 66.9 Å². The van der Waals surface area contributed by atoms with E-state index in [1.165, 1.54) is 17.3 Å². The van der Waals surface area contributed by atoms with E-state index in [4.69, 9.17) is 0 Å². The summed E-state index contributed by atoms with van der Waals surface area (Å²) in [6, 6.07) is 18.7. The molecule has 4 nitrogen and oxygen atoms in total. The Balaban J connectivity index is 1.47. The number of rotatable bonds is 4. The summed E-state index contributed by atoms with van der Waals surface area (Å²) in [6.07, 6.45) is 2.62. The van der Waals surface area contributed by atoms with E-state index in [0.29, 0.717) is 17.3 Å². The maximum atomic E-state index is 13.7. The molecule has 0 radical (unpaired) electrons. The van der Waals surface area contributed by atoms with Gasteiger partial charge in [0.1, 0.15) is 11.6 Å². The minimum absolute atomic E-state index is 0.00897. The summed E-state index contributed by atoms with van der Waals surface area (Å²) in [5.41, 5.74) is 3.46. The van der Waals surface area contributed by atoms with Crippen molar-refractivity contribution >= 4 is 23.1 Å². The molecule has 1 unspecified atom stereocenters. The Kier molecular flexibility index (Phi) is 4.59. The van der Waals surface area contributed by atoms with Gasteiger partial charge in [0, 0.05) is 11.7 Å². The number of aromatic nitrogens is 1. The van der Waals surface area contributed by atoms with Crippen molar-refractivity contribution in [3.05, 3.63) is 83.8 Å². The van der Waals surface area contributed by atoms with Gasteiger partial charge < -0.3 is 10.2 Å². The first-order valence-electron chi connectivity index (χ1n) is 8.98. The van der Waals surface area contributed by atoms with Crippen LogP contribution in [0.2, 0.25) is 0 Å². The quantitative estimate of drug-likeness (QED) is 0.745. The van der Waals surface area contributed by atoms with Gasteiger partial charge in [-0.15, -0.1) is 0 Å². The van der Waals surface area contributed by atoms with Gasteiger partial charge in [-0.3, -0.25) is 4.79 Å². The van der Waals surface area contributed by atoms with Crippen molar-refractivity contribution in [2.45, 2.75) is 25.8 Å².